The maximum atomic E-state index is 12.5. The van der Waals surface area contributed by atoms with E-state index in [0.717, 1.165) is 36.2 Å². The van der Waals surface area contributed by atoms with E-state index >= 15 is 0 Å². The summed E-state index contributed by atoms with van der Waals surface area (Å²) in [5.74, 6) is 0.0613. The van der Waals surface area contributed by atoms with Gasteiger partial charge in [-0.2, -0.15) is 0 Å². The van der Waals surface area contributed by atoms with Crippen LogP contribution in [-0.4, -0.2) is 40.6 Å². The number of aryl methyl sites for hydroxylation is 1. The molecule has 0 saturated heterocycles. The molecule has 0 unspecified atom stereocenters. The number of hydrogen-bond donors (Lipinski definition) is 1. The minimum atomic E-state index is -3.61. The quantitative estimate of drug-likeness (QED) is 0.871. The van der Waals surface area contributed by atoms with Gasteiger partial charge in [-0.1, -0.05) is 0 Å². The van der Waals surface area contributed by atoms with Gasteiger partial charge in [0.05, 0.1) is 23.6 Å². The summed E-state index contributed by atoms with van der Waals surface area (Å²) in [6.07, 6.45) is 1.97. The highest BCUT2D eigenvalue weighted by atomic mass is 32.2. The van der Waals surface area contributed by atoms with Gasteiger partial charge in [0.2, 0.25) is 15.9 Å². The Kier molecular flexibility index (Phi) is 3.96. The van der Waals surface area contributed by atoms with Crippen LogP contribution in [0.25, 0.3) is 0 Å². The van der Waals surface area contributed by atoms with Crippen LogP contribution in [0.2, 0.25) is 0 Å². The van der Waals surface area contributed by atoms with E-state index in [1.165, 1.54) is 7.11 Å². The number of sulfonamides is 1. The van der Waals surface area contributed by atoms with Crippen LogP contribution in [0.4, 0.5) is 5.69 Å². The lowest BCUT2D eigenvalue weighted by molar-refractivity contribution is -0.117. The Morgan fingerprint density at radius 1 is 1.36 bits per heavy atom. The fraction of sp³-hybridized carbons (Fsp3) is 0.533. The number of carbonyl (C=O) groups is 1. The molecule has 2 aliphatic heterocycles. The maximum Gasteiger partial charge on any atom is 0.240 e. The molecule has 1 N–H and O–H groups in total. The Morgan fingerprint density at radius 2 is 2.09 bits per heavy atom. The highest BCUT2D eigenvalue weighted by Gasteiger charge is 2.33. The molecule has 0 fully saturated rings. The molecule has 22 heavy (non-hydrogen) atoms. The number of methoxy groups -OCH3 is 1. The molecule has 120 valence electrons. The number of nitrogens with zero attached hydrogens (tertiary/aromatic N) is 1. The lowest BCUT2D eigenvalue weighted by Gasteiger charge is -2.26. The molecule has 1 aromatic rings. The molecule has 1 amide bonds. The van der Waals surface area contributed by atoms with Gasteiger partial charge in [-0.15, -0.1) is 0 Å². The fourth-order valence-electron chi connectivity index (χ4n) is 3.22. The zero-order valence-electron chi connectivity index (χ0n) is 12.8. The maximum absolute atomic E-state index is 12.5. The monoisotopic (exact) mass is 324 g/mol. The number of hydrogen-bond acceptors (Lipinski definition) is 4. The summed E-state index contributed by atoms with van der Waals surface area (Å²) in [5.41, 5.74) is 2.71. The van der Waals surface area contributed by atoms with Crippen LogP contribution < -0.4 is 9.62 Å². The van der Waals surface area contributed by atoms with Gasteiger partial charge < -0.3 is 9.64 Å². The van der Waals surface area contributed by atoms with Gasteiger partial charge in [0.15, 0.2) is 0 Å². The van der Waals surface area contributed by atoms with E-state index < -0.39 is 10.0 Å². The second-order valence-corrected chi connectivity index (χ2v) is 7.61. The molecule has 0 saturated carbocycles. The molecule has 0 spiro atoms. The number of rotatable bonds is 5. The molecule has 7 heteroatoms. The Morgan fingerprint density at radius 3 is 2.82 bits per heavy atom. The summed E-state index contributed by atoms with van der Waals surface area (Å²) in [6.45, 7) is 2.79. The highest BCUT2D eigenvalue weighted by Crippen LogP contribution is 2.38. The van der Waals surface area contributed by atoms with Gasteiger partial charge >= 0.3 is 0 Å². The number of carbonyl (C=O) groups excluding carboxylic acids is 1. The van der Waals surface area contributed by atoms with Crippen LogP contribution in [0.15, 0.2) is 17.0 Å². The number of nitrogens with one attached hydrogen (secondary N) is 1. The summed E-state index contributed by atoms with van der Waals surface area (Å²) >= 11 is 0. The van der Waals surface area contributed by atoms with E-state index in [4.69, 9.17) is 4.74 Å². The molecule has 6 nitrogen and oxygen atoms in total. The van der Waals surface area contributed by atoms with E-state index in [1.54, 1.807) is 24.0 Å². The van der Waals surface area contributed by atoms with Gasteiger partial charge in [-0.25, -0.2) is 13.1 Å². The summed E-state index contributed by atoms with van der Waals surface area (Å²) in [5, 5.41) is 0. The largest absolute Gasteiger partial charge is 0.383 e. The molecule has 1 aromatic carbocycles. The number of anilines is 1. The second kappa shape index (κ2) is 5.64. The van der Waals surface area contributed by atoms with E-state index in [0.29, 0.717) is 13.0 Å². The van der Waals surface area contributed by atoms with Crippen molar-refractivity contribution in [1.82, 2.24) is 4.72 Å². The van der Waals surface area contributed by atoms with Crippen molar-refractivity contribution < 1.29 is 17.9 Å². The van der Waals surface area contributed by atoms with Crippen molar-refractivity contribution in [2.24, 2.45) is 0 Å². The summed E-state index contributed by atoms with van der Waals surface area (Å²) < 4.78 is 32.6. The Labute approximate surface area is 130 Å². The van der Waals surface area contributed by atoms with Crippen molar-refractivity contribution in [3.05, 3.63) is 23.3 Å². The Bertz CT molecular complexity index is 714. The molecule has 0 bridgehead atoms. The van der Waals surface area contributed by atoms with Crippen LogP contribution >= 0.6 is 0 Å². The zero-order chi connectivity index (χ0) is 15.9. The first kappa shape index (κ1) is 15.5. The standard InChI is InChI=1S/C15H20N2O4S/c1-10(9-21-2)16-22(19,20)13-6-11-4-3-5-17-14(18)8-12(7-13)15(11)17/h6-7,10,16H,3-5,8-9H2,1-2H3/t10-/m1/s1. The minimum absolute atomic E-state index is 0.0613. The second-order valence-electron chi connectivity index (χ2n) is 5.89. The van der Waals surface area contributed by atoms with Gasteiger partial charge in [0, 0.05) is 19.7 Å². The topological polar surface area (TPSA) is 75.7 Å². The molecular weight excluding hydrogens is 304 g/mol. The first-order valence-electron chi connectivity index (χ1n) is 7.40. The van der Waals surface area contributed by atoms with Crippen LogP contribution in [0.1, 0.15) is 24.5 Å². The highest BCUT2D eigenvalue weighted by molar-refractivity contribution is 7.89. The molecule has 3 rings (SSSR count). The molecule has 2 heterocycles. The molecular formula is C15H20N2O4S. The zero-order valence-corrected chi connectivity index (χ0v) is 13.6. The fourth-order valence-corrected chi connectivity index (χ4v) is 4.55. The first-order valence-corrected chi connectivity index (χ1v) is 8.88. The van der Waals surface area contributed by atoms with Crippen LogP contribution in [0.3, 0.4) is 0 Å². The van der Waals surface area contributed by atoms with E-state index in [2.05, 4.69) is 4.72 Å². The lowest BCUT2D eigenvalue weighted by atomic mass is 10.0. The number of ether oxygens (including phenoxy) is 1. The summed E-state index contributed by atoms with van der Waals surface area (Å²) in [6, 6.07) is 3.02. The lowest BCUT2D eigenvalue weighted by Crippen LogP contribution is -2.36. The van der Waals surface area contributed by atoms with Crippen LogP contribution in [-0.2, 0) is 32.4 Å². The number of benzene rings is 1. The molecule has 0 radical (unpaired) electrons. The molecule has 0 aliphatic carbocycles. The summed E-state index contributed by atoms with van der Waals surface area (Å²) in [7, 11) is -2.07. The number of amides is 1. The average molecular weight is 324 g/mol. The van der Waals surface area contributed by atoms with Crippen molar-refractivity contribution >= 4 is 21.6 Å². The van der Waals surface area contributed by atoms with Gasteiger partial charge in [-0.05, 0) is 43.0 Å². The van der Waals surface area contributed by atoms with Crippen molar-refractivity contribution in [2.45, 2.75) is 37.1 Å². The van der Waals surface area contributed by atoms with Crippen molar-refractivity contribution in [3.8, 4) is 0 Å². The third-order valence-corrected chi connectivity index (χ3v) is 5.63. The van der Waals surface area contributed by atoms with Crippen LogP contribution in [0, 0.1) is 0 Å². The van der Waals surface area contributed by atoms with Gasteiger partial charge in [0.1, 0.15) is 0 Å². The summed E-state index contributed by atoms with van der Waals surface area (Å²) in [4.78, 5) is 14.0. The first-order chi connectivity index (χ1) is 10.4. The predicted octanol–water partition coefficient (Wildman–Crippen LogP) is 0.835. The SMILES string of the molecule is COC[C@@H](C)NS(=O)(=O)c1cc2c3c(c1)CC(=O)N3CCC2. The van der Waals surface area contributed by atoms with Crippen molar-refractivity contribution in [3.63, 3.8) is 0 Å². The molecule has 0 aromatic heterocycles. The average Bonchev–Trinajstić information content (AvgIpc) is 2.77. The van der Waals surface area contributed by atoms with E-state index in [-0.39, 0.29) is 16.8 Å². The van der Waals surface area contributed by atoms with Gasteiger partial charge in [0.25, 0.3) is 0 Å². The van der Waals surface area contributed by atoms with E-state index in [9.17, 15) is 13.2 Å². The normalized spacial score (nSPS) is 18.5. The Balaban J connectivity index is 1.97. The minimum Gasteiger partial charge on any atom is -0.383 e. The van der Waals surface area contributed by atoms with E-state index in [1.807, 2.05) is 0 Å². The Hall–Kier alpha value is -1.44. The van der Waals surface area contributed by atoms with Crippen molar-refractivity contribution in [2.75, 3.05) is 25.2 Å². The smallest absolute Gasteiger partial charge is 0.240 e. The molecule has 1 atom stereocenters. The third-order valence-electron chi connectivity index (χ3n) is 4.07. The van der Waals surface area contributed by atoms with Gasteiger partial charge in [-0.3, -0.25) is 4.79 Å². The third kappa shape index (κ3) is 2.64. The molecule has 2 aliphatic rings. The van der Waals surface area contributed by atoms with Crippen molar-refractivity contribution in [1.29, 1.82) is 0 Å². The predicted molar refractivity (Wildman–Crippen MR) is 82.5 cm³/mol. The van der Waals surface area contributed by atoms with Crippen LogP contribution in [0.5, 0.6) is 0 Å².